The van der Waals surface area contributed by atoms with Gasteiger partial charge in [-0.3, -0.25) is 0 Å². The molecule has 0 radical (unpaired) electrons. The molecule has 0 amide bonds. The first-order valence-corrected chi connectivity index (χ1v) is 12.8. The van der Waals surface area contributed by atoms with E-state index in [-0.39, 0.29) is 16.9 Å². The molecule has 0 unspecified atom stereocenters. The highest BCUT2D eigenvalue weighted by Crippen LogP contribution is 2.50. The first-order chi connectivity index (χ1) is 22.0. The predicted molar refractivity (Wildman–Crippen MR) is 134 cm³/mol. The lowest BCUT2D eigenvalue weighted by molar-refractivity contribution is -0.415. The van der Waals surface area contributed by atoms with Crippen LogP contribution in [0.1, 0.15) is 5.56 Å². The summed E-state index contributed by atoms with van der Waals surface area (Å²) in [5.74, 6) is -31.8. The zero-order valence-corrected chi connectivity index (χ0v) is 23.3. The molecule has 0 aliphatic rings. The topological polar surface area (TPSA) is 43.2 Å². The molecule has 48 heavy (non-hydrogen) atoms. The van der Waals surface area contributed by atoms with Crippen LogP contribution in [0.15, 0.2) is 83.0 Å². The SMILES string of the molecule is FC(F)C(F)(F)C(F)(F)C(F)(F)COc1ccc(-c2ccc(N=Nc3ccc(COC(F)(F)C(F)(F)C(F)(F)C(F)F)cc3)cc2)cc1. The van der Waals surface area contributed by atoms with Gasteiger partial charge in [-0.1, -0.05) is 36.4 Å². The maximum atomic E-state index is 13.7. The molecule has 264 valence electrons. The molecule has 3 rings (SSSR count). The first-order valence-electron chi connectivity index (χ1n) is 12.8. The van der Waals surface area contributed by atoms with Gasteiger partial charge in [-0.25, -0.2) is 17.6 Å². The van der Waals surface area contributed by atoms with Gasteiger partial charge in [0.1, 0.15) is 5.75 Å². The van der Waals surface area contributed by atoms with Crippen LogP contribution in [0.3, 0.4) is 0 Å². The van der Waals surface area contributed by atoms with Crippen LogP contribution in [0.25, 0.3) is 11.1 Å². The molecule has 3 aromatic rings. The lowest BCUT2D eigenvalue weighted by atomic mass is 10.0. The second-order valence-corrected chi connectivity index (χ2v) is 9.73. The number of ether oxygens (including phenoxy) is 2. The first kappa shape index (κ1) is 38.3. The molecule has 20 heteroatoms. The predicted octanol–water partition coefficient (Wildman–Crippen LogP) is 11.0. The van der Waals surface area contributed by atoms with Gasteiger partial charge in [0.05, 0.1) is 18.0 Å². The number of hydrogen-bond donors (Lipinski definition) is 0. The number of alkyl halides is 16. The summed E-state index contributed by atoms with van der Waals surface area (Å²) in [7, 11) is 0. The summed E-state index contributed by atoms with van der Waals surface area (Å²) in [6.45, 7) is -3.70. The quantitative estimate of drug-likeness (QED) is 0.116. The van der Waals surface area contributed by atoms with Crippen LogP contribution in [0.5, 0.6) is 5.75 Å². The lowest BCUT2D eigenvalue weighted by Crippen LogP contribution is -2.59. The van der Waals surface area contributed by atoms with Gasteiger partial charge in [0, 0.05) is 0 Å². The van der Waals surface area contributed by atoms with Crippen molar-refractivity contribution in [2.24, 2.45) is 10.2 Å². The van der Waals surface area contributed by atoms with E-state index in [2.05, 4.69) is 19.7 Å². The van der Waals surface area contributed by atoms with Crippen LogP contribution in [0.2, 0.25) is 0 Å². The van der Waals surface area contributed by atoms with Crippen molar-refractivity contribution in [1.82, 2.24) is 0 Å². The summed E-state index contributed by atoms with van der Waals surface area (Å²) < 4.78 is 216. The van der Waals surface area contributed by atoms with E-state index in [0.29, 0.717) is 11.1 Å². The van der Waals surface area contributed by atoms with Gasteiger partial charge in [-0.2, -0.15) is 62.9 Å². The van der Waals surface area contributed by atoms with Gasteiger partial charge in [0.15, 0.2) is 6.61 Å². The Balaban J connectivity index is 1.58. The molecule has 0 N–H and O–H groups in total. The van der Waals surface area contributed by atoms with E-state index in [4.69, 9.17) is 0 Å². The Labute approximate surface area is 259 Å². The van der Waals surface area contributed by atoms with Gasteiger partial charge < -0.3 is 9.47 Å². The van der Waals surface area contributed by atoms with E-state index in [0.717, 1.165) is 36.4 Å². The third-order valence-electron chi connectivity index (χ3n) is 6.32. The Bertz CT molecular complexity index is 1530. The van der Waals surface area contributed by atoms with Gasteiger partial charge in [-0.05, 0) is 53.1 Å². The molecule has 0 atom stereocenters. The molecule has 0 saturated heterocycles. The summed E-state index contributed by atoms with van der Waals surface area (Å²) in [4.78, 5) is 0. The van der Waals surface area contributed by atoms with Crippen LogP contribution in [-0.4, -0.2) is 55.2 Å². The number of azo groups is 1. The number of benzene rings is 3. The van der Waals surface area contributed by atoms with E-state index in [1.54, 1.807) is 0 Å². The molecule has 0 spiro atoms. The minimum Gasteiger partial charge on any atom is -0.487 e. The highest BCUT2D eigenvalue weighted by Gasteiger charge is 2.77. The summed E-state index contributed by atoms with van der Waals surface area (Å²) >= 11 is 0. The number of hydrogen-bond acceptors (Lipinski definition) is 4. The van der Waals surface area contributed by atoms with Gasteiger partial charge in [0.2, 0.25) is 0 Å². The maximum absolute atomic E-state index is 13.7. The highest BCUT2D eigenvalue weighted by atomic mass is 19.4. The zero-order chi connectivity index (χ0) is 36.3. The monoisotopic (exact) mass is 718 g/mol. The largest absolute Gasteiger partial charge is 0.487 e. The Morgan fingerprint density at radius 3 is 1.35 bits per heavy atom. The zero-order valence-electron chi connectivity index (χ0n) is 23.3. The second kappa shape index (κ2) is 13.8. The lowest BCUT2D eigenvalue weighted by Gasteiger charge is -2.32. The Morgan fingerprint density at radius 2 is 0.917 bits per heavy atom. The Morgan fingerprint density at radius 1 is 0.521 bits per heavy atom. The van der Waals surface area contributed by atoms with Crippen molar-refractivity contribution in [3.05, 3.63) is 78.4 Å². The van der Waals surface area contributed by atoms with Gasteiger partial charge in [0.25, 0.3) is 0 Å². The van der Waals surface area contributed by atoms with Crippen molar-refractivity contribution in [2.75, 3.05) is 6.61 Å². The average Bonchev–Trinajstić information content (AvgIpc) is 3.02. The highest BCUT2D eigenvalue weighted by molar-refractivity contribution is 5.66. The van der Waals surface area contributed by atoms with E-state index in [1.165, 1.54) is 36.4 Å². The summed E-state index contributed by atoms with van der Waals surface area (Å²) in [6, 6.07) is 14.7. The van der Waals surface area contributed by atoms with Crippen LogP contribution in [0.4, 0.5) is 81.6 Å². The molecule has 0 aliphatic carbocycles. The van der Waals surface area contributed by atoms with Crippen molar-refractivity contribution in [2.45, 2.75) is 55.2 Å². The smallest absolute Gasteiger partial charge is 0.426 e. The van der Waals surface area contributed by atoms with E-state index < -0.39 is 67.5 Å². The fraction of sp³-hybridized carbons (Fsp3) is 0.357. The Kier molecular flexibility index (Phi) is 11.0. The normalized spacial score (nSPS) is 14.0. The number of nitrogens with zero attached hydrogens (tertiary/aromatic N) is 2. The standard InChI is InChI=1S/C28H18F16N2O2/c29-21(30)24(35,36)26(39,40)23(33,34)14-47-20-11-5-17(6-12-20)16-3-9-19(10-4-16)46-45-18-7-1-15(2-8-18)13-48-28(43,44)27(41,42)25(37,38)22(31)32/h1-12,21-22H,13-14H2. The fourth-order valence-corrected chi connectivity index (χ4v) is 3.48. The van der Waals surface area contributed by atoms with Gasteiger partial charge >= 0.3 is 48.6 Å². The van der Waals surface area contributed by atoms with Crippen molar-refractivity contribution < 1.29 is 79.7 Å². The van der Waals surface area contributed by atoms with Crippen molar-refractivity contribution in [3.63, 3.8) is 0 Å². The van der Waals surface area contributed by atoms with Crippen molar-refractivity contribution >= 4 is 11.4 Å². The molecule has 0 bridgehead atoms. The summed E-state index contributed by atoms with van der Waals surface area (Å²) in [5.41, 5.74) is 0.960. The third-order valence-corrected chi connectivity index (χ3v) is 6.32. The van der Waals surface area contributed by atoms with Crippen LogP contribution in [-0.2, 0) is 11.3 Å². The van der Waals surface area contributed by atoms with Crippen molar-refractivity contribution in [3.8, 4) is 16.9 Å². The van der Waals surface area contributed by atoms with E-state index in [1.807, 2.05) is 0 Å². The number of halogens is 16. The second-order valence-electron chi connectivity index (χ2n) is 9.73. The van der Waals surface area contributed by atoms with Crippen LogP contribution < -0.4 is 4.74 Å². The molecule has 4 nitrogen and oxygen atoms in total. The average molecular weight is 718 g/mol. The maximum Gasteiger partial charge on any atom is 0.426 e. The summed E-state index contributed by atoms with van der Waals surface area (Å²) in [6.07, 6.45) is -16.1. The molecule has 0 aromatic heterocycles. The summed E-state index contributed by atoms with van der Waals surface area (Å²) in [5, 5.41) is 7.71. The van der Waals surface area contributed by atoms with Crippen LogP contribution in [0, 0.1) is 0 Å². The third kappa shape index (κ3) is 7.78. The minimum absolute atomic E-state index is 0.0843. The Hall–Kier alpha value is -4.10. The molecular formula is C28H18F16N2O2. The minimum atomic E-state index is -6.52. The van der Waals surface area contributed by atoms with Crippen molar-refractivity contribution in [1.29, 1.82) is 0 Å². The molecule has 0 saturated carbocycles. The van der Waals surface area contributed by atoms with E-state index >= 15 is 0 Å². The molecule has 0 aliphatic heterocycles. The molecule has 0 fully saturated rings. The van der Waals surface area contributed by atoms with E-state index in [9.17, 15) is 70.2 Å². The van der Waals surface area contributed by atoms with Crippen LogP contribution >= 0.6 is 0 Å². The molecule has 3 aromatic carbocycles. The fourth-order valence-electron chi connectivity index (χ4n) is 3.48. The molecule has 0 heterocycles. The molecular weight excluding hydrogens is 700 g/mol. The van der Waals surface area contributed by atoms with Gasteiger partial charge in [-0.15, -0.1) is 0 Å². The number of rotatable bonds is 15.